The van der Waals surface area contributed by atoms with E-state index in [-0.39, 0.29) is 49.0 Å². The molecule has 2 aromatic carbocycles. The van der Waals surface area contributed by atoms with Gasteiger partial charge in [0.1, 0.15) is 0 Å². The highest BCUT2D eigenvalue weighted by Gasteiger charge is 2.34. The molecule has 154 valence electrons. The molecule has 1 saturated heterocycles. The number of rotatable bonds is 4. The molecule has 2 aromatic rings. The summed E-state index contributed by atoms with van der Waals surface area (Å²) in [6.45, 7) is 1.87. The number of nitrogens with zero attached hydrogens (tertiary/aromatic N) is 2. The fraction of sp³-hybridized carbons (Fsp3) is 0.364. The van der Waals surface area contributed by atoms with Crippen LogP contribution in [-0.4, -0.2) is 48.1 Å². The van der Waals surface area contributed by atoms with Crippen LogP contribution in [0, 0.1) is 0 Å². The highest BCUT2D eigenvalue weighted by atomic mass is 35.5. The Kier molecular flexibility index (Phi) is 7.22. The molecule has 29 heavy (non-hydrogen) atoms. The van der Waals surface area contributed by atoms with E-state index >= 15 is 0 Å². The molecule has 0 aromatic heterocycles. The topological polar surface area (TPSA) is 66.6 Å². The van der Waals surface area contributed by atoms with Crippen LogP contribution in [0.5, 0.6) is 0 Å². The number of para-hydroxylation sites is 1. The maximum Gasteiger partial charge on any atom is 0.227 e. The van der Waals surface area contributed by atoms with E-state index in [4.69, 9.17) is 5.73 Å². The van der Waals surface area contributed by atoms with Crippen molar-refractivity contribution in [2.24, 2.45) is 5.73 Å². The number of anilines is 1. The summed E-state index contributed by atoms with van der Waals surface area (Å²) in [6, 6.07) is 18.0. The first-order valence-corrected chi connectivity index (χ1v) is 10.7. The molecule has 0 spiro atoms. The van der Waals surface area contributed by atoms with Gasteiger partial charge in [0.2, 0.25) is 11.8 Å². The van der Waals surface area contributed by atoms with Crippen molar-refractivity contribution in [3.05, 3.63) is 60.2 Å². The summed E-state index contributed by atoms with van der Waals surface area (Å²) in [4.78, 5) is 30.2. The van der Waals surface area contributed by atoms with Crippen molar-refractivity contribution in [2.75, 3.05) is 30.3 Å². The van der Waals surface area contributed by atoms with Gasteiger partial charge in [0.25, 0.3) is 0 Å². The summed E-state index contributed by atoms with van der Waals surface area (Å²) in [5.74, 6) is 1.08. The minimum absolute atomic E-state index is 0. The van der Waals surface area contributed by atoms with E-state index in [0.717, 1.165) is 16.3 Å². The molecule has 2 N–H and O–H groups in total. The number of thioether (sulfide) groups is 1. The van der Waals surface area contributed by atoms with Gasteiger partial charge in [-0.3, -0.25) is 9.59 Å². The second-order valence-electron chi connectivity index (χ2n) is 7.34. The Labute approximate surface area is 182 Å². The number of benzene rings is 2. The summed E-state index contributed by atoms with van der Waals surface area (Å²) in [6.07, 6.45) is 0.471. The quantitative estimate of drug-likeness (QED) is 0.806. The molecule has 2 heterocycles. The van der Waals surface area contributed by atoms with E-state index in [1.54, 1.807) is 11.8 Å². The third-order valence-corrected chi connectivity index (χ3v) is 6.57. The molecular formula is C22H26ClN3O2S. The van der Waals surface area contributed by atoms with Crippen LogP contribution in [0.15, 0.2) is 59.5 Å². The molecule has 0 bridgehead atoms. The molecule has 2 atom stereocenters. The van der Waals surface area contributed by atoms with Gasteiger partial charge in [0, 0.05) is 55.1 Å². The average Bonchev–Trinajstić information content (AvgIpc) is 3.13. The first-order valence-electron chi connectivity index (χ1n) is 9.74. The maximum atomic E-state index is 12.8. The second kappa shape index (κ2) is 9.65. The summed E-state index contributed by atoms with van der Waals surface area (Å²) in [5.41, 5.74) is 8.43. The lowest BCUT2D eigenvalue weighted by atomic mass is 9.95. The van der Waals surface area contributed by atoms with Crippen molar-refractivity contribution >= 4 is 41.7 Å². The van der Waals surface area contributed by atoms with Gasteiger partial charge in [-0.15, -0.1) is 24.2 Å². The number of fused-ring (bicyclic) bond motifs is 1. The number of carbonyl (C=O) groups excluding carboxylic acids is 2. The lowest BCUT2D eigenvalue weighted by Crippen LogP contribution is -2.37. The molecule has 7 heteroatoms. The Hall–Kier alpha value is -2.02. The van der Waals surface area contributed by atoms with Gasteiger partial charge in [-0.2, -0.15) is 0 Å². The minimum Gasteiger partial charge on any atom is -0.340 e. The Bertz CT molecular complexity index is 864. The zero-order valence-electron chi connectivity index (χ0n) is 16.2. The Morgan fingerprint density at radius 1 is 0.966 bits per heavy atom. The van der Waals surface area contributed by atoms with Crippen LogP contribution in [-0.2, 0) is 9.59 Å². The van der Waals surface area contributed by atoms with Crippen molar-refractivity contribution < 1.29 is 9.59 Å². The summed E-state index contributed by atoms with van der Waals surface area (Å²) in [5, 5.41) is 0. The van der Waals surface area contributed by atoms with Gasteiger partial charge >= 0.3 is 0 Å². The minimum atomic E-state index is -0.0620. The van der Waals surface area contributed by atoms with Gasteiger partial charge < -0.3 is 15.5 Å². The van der Waals surface area contributed by atoms with Crippen molar-refractivity contribution in [1.82, 2.24) is 4.90 Å². The monoisotopic (exact) mass is 431 g/mol. The number of carbonyl (C=O) groups is 2. The van der Waals surface area contributed by atoms with Crippen LogP contribution in [0.4, 0.5) is 5.69 Å². The fourth-order valence-corrected chi connectivity index (χ4v) is 5.02. The molecule has 0 saturated carbocycles. The lowest BCUT2D eigenvalue weighted by molar-refractivity contribution is -0.132. The molecule has 2 aliphatic rings. The number of likely N-dealkylation sites (tertiary alicyclic amines) is 1. The van der Waals surface area contributed by atoms with E-state index in [1.165, 1.54) is 5.56 Å². The van der Waals surface area contributed by atoms with Crippen molar-refractivity contribution in [3.8, 4) is 0 Å². The van der Waals surface area contributed by atoms with Crippen molar-refractivity contribution in [1.29, 1.82) is 0 Å². The number of amides is 2. The smallest absolute Gasteiger partial charge is 0.227 e. The fourth-order valence-electron chi connectivity index (χ4n) is 4.02. The molecule has 5 nitrogen and oxygen atoms in total. The second-order valence-corrected chi connectivity index (χ2v) is 8.48. The van der Waals surface area contributed by atoms with Gasteiger partial charge in [0.15, 0.2) is 0 Å². The highest BCUT2D eigenvalue weighted by molar-refractivity contribution is 7.99. The van der Waals surface area contributed by atoms with Crippen LogP contribution in [0.2, 0.25) is 0 Å². The number of nitrogens with two attached hydrogens (primary N) is 1. The molecule has 4 rings (SSSR count). The van der Waals surface area contributed by atoms with E-state index in [2.05, 4.69) is 12.1 Å². The standard InChI is InChI=1S/C22H25N3O2S.ClH/c23-18-15-24(14-17(18)16-6-2-1-3-7-16)21(26)10-11-22(27)25-12-13-28-20-9-5-4-8-19(20)25;/h1-9,17-18H,10-15,23H2;1H/t17-,18+;/m0./s1. The van der Waals surface area contributed by atoms with Gasteiger partial charge in [-0.1, -0.05) is 42.5 Å². The first kappa shape index (κ1) is 21.7. The summed E-state index contributed by atoms with van der Waals surface area (Å²) in [7, 11) is 0. The molecule has 0 unspecified atom stereocenters. The maximum absolute atomic E-state index is 12.8. The lowest BCUT2D eigenvalue weighted by Gasteiger charge is -2.29. The van der Waals surface area contributed by atoms with Crippen LogP contribution in [0.1, 0.15) is 24.3 Å². The van der Waals surface area contributed by atoms with E-state index in [1.807, 2.05) is 52.3 Å². The van der Waals surface area contributed by atoms with Crippen LogP contribution in [0.3, 0.4) is 0 Å². The van der Waals surface area contributed by atoms with Gasteiger partial charge in [-0.25, -0.2) is 0 Å². The number of hydrogen-bond donors (Lipinski definition) is 1. The summed E-state index contributed by atoms with van der Waals surface area (Å²) < 4.78 is 0. The summed E-state index contributed by atoms with van der Waals surface area (Å²) >= 11 is 1.77. The van der Waals surface area contributed by atoms with Crippen molar-refractivity contribution in [3.63, 3.8) is 0 Å². The number of hydrogen-bond acceptors (Lipinski definition) is 4. The van der Waals surface area contributed by atoms with Gasteiger partial charge in [-0.05, 0) is 17.7 Å². The Balaban J connectivity index is 0.00000240. The predicted molar refractivity (Wildman–Crippen MR) is 120 cm³/mol. The molecule has 2 amide bonds. The van der Waals surface area contributed by atoms with Crippen molar-refractivity contribution in [2.45, 2.75) is 29.7 Å². The molecule has 2 aliphatic heterocycles. The molecular weight excluding hydrogens is 406 g/mol. The Morgan fingerprint density at radius 2 is 1.66 bits per heavy atom. The zero-order chi connectivity index (χ0) is 19.5. The van der Waals surface area contributed by atoms with E-state index in [0.29, 0.717) is 19.6 Å². The molecule has 0 radical (unpaired) electrons. The molecule has 1 fully saturated rings. The van der Waals surface area contributed by atoms with Gasteiger partial charge in [0.05, 0.1) is 5.69 Å². The third-order valence-electron chi connectivity index (χ3n) is 5.53. The number of halogens is 1. The van der Waals surface area contributed by atoms with Crippen LogP contribution < -0.4 is 10.6 Å². The third kappa shape index (κ3) is 4.77. The average molecular weight is 432 g/mol. The SMILES string of the molecule is Cl.N[C@@H]1CN(C(=O)CCC(=O)N2CCSc3ccccc32)C[C@H]1c1ccccc1. The Morgan fingerprint density at radius 3 is 2.45 bits per heavy atom. The van der Waals surface area contributed by atoms with Crippen LogP contribution in [0.25, 0.3) is 0 Å². The zero-order valence-corrected chi connectivity index (χ0v) is 17.8. The van der Waals surface area contributed by atoms with E-state index < -0.39 is 0 Å². The molecule has 0 aliphatic carbocycles. The largest absolute Gasteiger partial charge is 0.340 e. The van der Waals surface area contributed by atoms with E-state index in [9.17, 15) is 9.59 Å². The normalized spacial score (nSPS) is 20.7. The predicted octanol–water partition coefficient (Wildman–Crippen LogP) is 3.28. The first-order chi connectivity index (χ1) is 13.6. The highest BCUT2D eigenvalue weighted by Crippen LogP contribution is 2.34. The van der Waals surface area contributed by atoms with Crippen LogP contribution >= 0.6 is 24.2 Å².